The molecule has 0 saturated carbocycles. The maximum absolute atomic E-state index is 14.3. The zero-order valence-electron chi connectivity index (χ0n) is 22.8. The van der Waals surface area contributed by atoms with Crippen molar-refractivity contribution in [2.45, 2.75) is 32.5 Å². The molecular weight excluding hydrogens is 529 g/mol. The van der Waals surface area contributed by atoms with Gasteiger partial charge in [0.25, 0.3) is 0 Å². The van der Waals surface area contributed by atoms with Gasteiger partial charge in [-0.05, 0) is 43.3 Å². The molecule has 3 aromatic carbocycles. The number of aromatic hydroxyl groups is 1. The standard InChI is InChI=1S/C32H30FNO7/c1-20(18-26(35)29-30(36)27(38-3)16-17-34-29)32(37)39-21(2)31(41-24-12-8-5-9-13-24)25-15-14-22(33)19-28(25)40-23-10-6-4-7-11-23/h4-17,19-21,31,36H,18H2,1-3H3/t20-,21+,31+/m1/s1. The Hall–Kier alpha value is -4.92. The molecule has 212 valence electrons. The summed E-state index contributed by atoms with van der Waals surface area (Å²) in [5, 5.41) is 10.3. The van der Waals surface area contributed by atoms with Crippen LogP contribution in [0.25, 0.3) is 0 Å². The van der Waals surface area contributed by atoms with Crippen molar-refractivity contribution in [3.63, 3.8) is 0 Å². The average molecular weight is 560 g/mol. The SMILES string of the molecule is COc1ccnc(C(=O)C[C@@H](C)C(=O)O[C@@H](C)[C@H](Oc2ccccc2)c2ccc(F)cc2Oc2ccccc2)c1O. The van der Waals surface area contributed by atoms with Crippen molar-refractivity contribution in [3.8, 4) is 28.7 Å². The molecule has 0 saturated heterocycles. The molecule has 0 aliphatic carbocycles. The molecule has 0 radical (unpaired) electrons. The number of ether oxygens (including phenoxy) is 4. The first-order chi connectivity index (χ1) is 19.8. The Morgan fingerprint density at radius 3 is 2.22 bits per heavy atom. The third kappa shape index (κ3) is 7.39. The van der Waals surface area contributed by atoms with Gasteiger partial charge in [-0.2, -0.15) is 0 Å². The largest absolute Gasteiger partial charge is 0.503 e. The topological polar surface area (TPSA) is 104 Å². The first kappa shape index (κ1) is 29.1. The normalized spacial score (nSPS) is 13.0. The lowest BCUT2D eigenvalue weighted by Gasteiger charge is -2.28. The molecule has 0 amide bonds. The second kappa shape index (κ2) is 13.4. The lowest BCUT2D eigenvalue weighted by molar-refractivity contribution is -0.157. The number of esters is 1. The number of carbonyl (C=O) groups excluding carboxylic acids is 2. The molecule has 4 aromatic rings. The predicted octanol–water partition coefficient (Wildman–Crippen LogP) is 6.69. The Morgan fingerprint density at radius 2 is 1.56 bits per heavy atom. The summed E-state index contributed by atoms with van der Waals surface area (Å²) in [6.45, 7) is 3.18. The third-order valence-corrected chi connectivity index (χ3v) is 6.25. The zero-order chi connectivity index (χ0) is 29.4. The van der Waals surface area contributed by atoms with Gasteiger partial charge in [0, 0.05) is 30.3 Å². The third-order valence-electron chi connectivity index (χ3n) is 6.25. The van der Waals surface area contributed by atoms with E-state index in [0.717, 1.165) is 0 Å². The van der Waals surface area contributed by atoms with E-state index < -0.39 is 41.4 Å². The average Bonchev–Trinajstić information content (AvgIpc) is 2.97. The molecule has 0 aliphatic rings. The lowest BCUT2D eigenvalue weighted by atomic mass is 10.0. The number of benzene rings is 3. The van der Waals surface area contributed by atoms with E-state index >= 15 is 0 Å². The second-order valence-electron chi connectivity index (χ2n) is 9.33. The second-order valence-corrected chi connectivity index (χ2v) is 9.33. The number of methoxy groups -OCH3 is 1. The van der Waals surface area contributed by atoms with Gasteiger partial charge in [0.15, 0.2) is 29.1 Å². The molecular formula is C32H30FNO7. The first-order valence-electron chi connectivity index (χ1n) is 13.0. The van der Waals surface area contributed by atoms with Crippen LogP contribution < -0.4 is 14.2 Å². The van der Waals surface area contributed by atoms with Crippen LogP contribution in [0.2, 0.25) is 0 Å². The molecule has 0 spiro atoms. The first-order valence-corrected chi connectivity index (χ1v) is 13.0. The highest BCUT2D eigenvalue weighted by Gasteiger charge is 2.31. The molecule has 1 aromatic heterocycles. The number of aromatic nitrogens is 1. The van der Waals surface area contributed by atoms with Gasteiger partial charge >= 0.3 is 5.97 Å². The molecule has 4 rings (SSSR count). The molecule has 0 aliphatic heterocycles. The van der Waals surface area contributed by atoms with Crippen LogP contribution in [0.5, 0.6) is 28.7 Å². The smallest absolute Gasteiger partial charge is 0.309 e. The van der Waals surface area contributed by atoms with Crippen LogP contribution in [0.1, 0.15) is 42.4 Å². The predicted molar refractivity (Wildman–Crippen MR) is 149 cm³/mol. The Bertz CT molecular complexity index is 1480. The quantitative estimate of drug-likeness (QED) is 0.151. The summed E-state index contributed by atoms with van der Waals surface area (Å²) < 4.78 is 37.4. The van der Waals surface area contributed by atoms with Crippen LogP contribution in [0, 0.1) is 11.7 Å². The fraction of sp³-hybridized carbons (Fsp3) is 0.219. The number of carbonyl (C=O) groups is 2. The van der Waals surface area contributed by atoms with E-state index in [1.165, 1.54) is 37.6 Å². The van der Waals surface area contributed by atoms with E-state index in [4.69, 9.17) is 18.9 Å². The van der Waals surface area contributed by atoms with E-state index in [-0.39, 0.29) is 23.6 Å². The van der Waals surface area contributed by atoms with E-state index in [1.807, 2.05) is 12.1 Å². The van der Waals surface area contributed by atoms with Crippen LogP contribution in [-0.4, -0.2) is 35.1 Å². The van der Waals surface area contributed by atoms with Crippen molar-refractivity contribution in [1.82, 2.24) is 4.98 Å². The van der Waals surface area contributed by atoms with Gasteiger partial charge in [0.2, 0.25) is 0 Å². The van der Waals surface area contributed by atoms with Crippen molar-refractivity contribution in [1.29, 1.82) is 0 Å². The van der Waals surface area contributed by atoms with E-state index in [9.17, 15) is 19.1 Å². The van der Waals surface area contributed by atoms with Crippen LogP contribution in [0.15, 0.2) is 91.1 Å². The molecule has 1 heterocycles. The van der Waals surface area contributed by atoms with Crippen LogP contribution in [0.4, 0.5) is 4.39 Å². The number of Topliss-reactive ketones (excluding diaryl/α,β-unsaturated/α-hetero) is 1. The maximum Gasteiger partial charge on any atom is 0.309 e. The minimum atomic E-state index is -0.896. The van der Waals surface area contributed by atoms with Crippen LogP contribution in [0.3, 0.4) is 0 Å². The minimum Gasteiger partial charge on any atom is -0.503 e. The van der Waals surface area contributed by atoms with Crippen molar-refractivity contribution in [2.75, 3.05) is 7.11 Å². The van der Waals surface area contributed by atoms with Gasteiger partial charge < -0.3 is 24.1 Å². The molecule has 3 atom stereocenters. The number of hydrogen-bond donors (Lipinski definition) is 1. The Balaban J connectivity index is 1.56. The number of halogens is 1. The molecule has 8 nitrogen and oxygen atoms in total. The van der Waals surface area contributed by atoms with Crippen molar-refractivity contribution >= 4 is 11.8 Å². The highest BCUT2D eigenvalue weighted by Crippen LogP contribution is 2.36. The highest BCUT2D eigenvalue weighted by molar-refractivity contribution is 5.99. The summed E-state index contributed by atoms with van der Waals surface area (Å²) in [7, 11) is 1.36. The maximum atomic E-state index is 14.3. The molecule has 0 bridgehead atoms. The summed E-state index contributed by atoms with van der Waals surface area (Å²) in [4.78, 5) is 29.9. The Morgan fingerprint density at radius 1 is 0.902 bits per heavy atom. The summed E-state index contributed by atoms with van der Waals surface area (Å²) in [6, 6.07) is 23.3. The summed E-state index contributed by atoms with van der Waals surface area (Å²) in [6.07, 6.45) is -0.706. The minimum absolute atomic E-state index is 0.0981. The van der Waals surface area contributed by atoms with Gasteiger partial charge in [-0.25, -0.2) is 9.37 Å². The number of hydrogen-bond acceptors (Lipinski definition) is 8. The van der Waals surface area contributed by atoms with Gasteiger partial charge in [-0.1, -0.05) is 43.3 Å². The lowest BCUT2D eigenvalue weighted by Crippen LogP contribution is -2.30. The fourth-order valence-corrected chi connectivity index (χ4v) is 4.13. The van der Waals surface area contributed by atoms with E-state index in [0.29, 0.717) is 17.1 Å². The molecule has 0 fully saturated rings. The van der Waals surface area contributed by atoms with Gasteiger partial charge in [0.05, 0.1) is 13.0 Å². The molecule has 1 N–H and O–H groups in total. The molecule has 9 heteroatoms. The Kier molecular flexibility index (Phi) is 9.52. The van der Waals surface area contributed by atoms with Gasteiger partial charge in [-0.3, -0.25) is 9.59 Å². The number of ketones is 1. The van der Waals surface area contributed by atoms with Crippen molar-refractivity contribution in [2.24, 2.45) is 5.92 Å². The van der Waals surface area contributed by atoms with Gasteiger partial charge in [0.1, 0.15) is 29.2 Å². The number of pyridine rings is 1. The van der Waals surface area contributed by atoms with Crippen LogP contribution in [-0.2, 0) is 9.53 Å². The summed E-state index contributed by atoms with van der Waals surface area (Å²) in [5.41, 5.74) is 0.255. The van der Waals surface area contributed by atoms with Crippen molar-refractivity contribution in [3.05, 3.63) is 108 Å². The number of para-hydroxylation sites is 2. The van der Waals surface area contributed by atoms with E-state index in [1.54, 1.807) is 62.4 Å². The highest BCUT2D eigenvalue weighted by atomic mass is 19.1. The monoisotopic (exact) mass is 559 g/mol. The summed E-state index contributed by atoms with van der Waals surface area (Å²) in [5.74, 6) is -1.71. The van der Waals surface area contributed by atoms with Gasteiger partial charge in [-0.15, -0.1) is 0 Å². The fourth-order valence-electron chi connectivity index (χ4n) is 4.13. The molecule has 41 heavy (non-hydrogen) atoms. The zero-order valence-corrected chi connectivity index (χ0v) is 22.8. The molecule has 0 unspecified atom stereocenters. The Labute approximate surface area is 237 Å². The van der Waals surface area contributed by atoms with Crippen molar-refractivity contribution < 1.29 is 38.0 Å². The number of nitrogens with zero attached hydrogens (tertiary/aromatic N) is 1. The van der Waals surface area contributed by atoms with Crippen LogP contribution >= 0.6 is 0 Å². The number of rotatable bonds is 12. The van der Waals surface area contributed by atoms with E-state index in [2.05, 4.69) is 4.98 Å². The summed E-state index contributed by atoms with van der Waals surface area (Å²) >= 11 is 0.